The van der Waals surface area contributed by atoms with Gasteiger partial charge in [-0.25, -0.2) is 0 Å². The van der Waals surface area contributed by atoms with Crippen molar-refractivity contribution < 1.29 is 9.90 Å². The molecule has 0 aromatic carbocycles. The van der Waals surface area contributed by atoms with Crippen molar-refractivity contribution in [1.82, 2.24) is 0 Å². The third kappa shape index (κ3) is 1.18. The molecule has 0 aliphatic heterocycles. The topological polar surface area (TPSA) is 37.3 Å². The number of hydrogen-bond acceptors (Lipinski definition) is 2. The van der Waals surface area contributed by atoms with Crippen LogP contribution in [0.3, 0.4) is 0 Å². The first kappa shape index (κ1) is 8.75. The van der Waals surface area contributed by atoms with E-state index >= 15 is 0 Å². The van der Waals surface area contributed by atoms with E-state index in [1.54, 1.807) is 11.3 Å². The second-order valence-electron chi connectivity index (χ2n) is 3.88. The fourth-order valence-corrected chi connectivity index (χ4v) is 3.10. The van der Waals surface area contributed by atoms with Crippen LogP contribution >= 0.6 is 11.3 Å². The van der Waals surface area contributed by atoms with E-state index in [9.17, 15) is 9.90 Å². The van der Waals surface area contributed by atoms with Crippen molar-refractivity contribution >= 4 is 17.3 Å². The molecule has 0 atom stereocenters. The van der Waals surface area contributed by atoms with Gasteiger partial charge in [0.2, 0.25) is 0 Å². The van der Waals surface area contributed by atoms with Crippen LogP contribution in [0.25, 0.3) is 0 Å². The molecule has 1 aromatic heterocycles. The molecule has 1 aliphatic rings. The molecule has 70 valence electrons. The first-order valence-electron chi connectivity index (χ1n) is 4.42. The van der Waals surface area contributed by atoms with Crippen LogP contribution in [-0.2, 0) is 10.2 Å². The van der Waals surface area contributed by atoms with Gasteiger partial charge in [0, 0.05) is 4.88 Å². The normalized spacial score (nSPS) is 32.5. The van der Waals surface area contributed by atoms with E-state index < -0.39 is 11.4 Å². The highest BCUT2D eigenvalue weighted by Gasteiger charge is 2.50. The Labute approximate surface area is 81.2 Å². The lowest BCUT2D eigenvalue weighted by atomic mass is 9.62. The summed E-state index contributed by atoms with van der Waals surface area (Å²) in [6.45, 7) is 2.11. The van der Waals surface area contributed by atoms with Crippen molar-refractivity contribution in [3.63, 3.8) is 0 Å². The van der Waals surface area contributed by atoms with Gasteiger partial charge in [-0.1, -0.05) is 13.0 Å². The minimum absolute atomic E-state index is 0.548. The average molecular weight is 196 g/mol. The Hall–Kier alpha value is -0.830. The molecule has 3 heteroatoms. The molecule has 1 aliphatic carbocycles. The second-order valence-corrected chi connectivity index (χ2v) is 4.83. The maximum Gasteiger partial charge on any atom is 0.314 e. The predicted octanol–water partition coefficient (Wildman–Crippen LogP) is 2.50. The predicted molar refractivity (Wildman–Crippen MR) is 52.0 cm³/mol. The molecular weight excluding hydrogens is 184 g/mol. The summed E-state index contributed by atoms with van der Waals surface area (Å²) in [5.74, 6) is -0.105. The van der Waals surface area contributed by atoms with Crippen LogP contribution < -0.4 is 0 Å². The summed E-state index contributed by atoms with van der Waals surface area (Å²) in [7, 11) is 0. The van der Waals surface area contributed by atoms with Gasteiger partial charge in [-0.2, -0.15) is 0 Å². The first-order valence-corrected chi connectivity index (χ1v) is 5.30. The molecule has 0 saturated heterocycles. The standard InChI is InChI=1S/C10H12O2S/c1-7-5-10(6-7,9(11)12)8-3-2-4-13-8/h2-4,7H,5-6H2,1H3,(H,11,12). The Kier molecular flexibility index (Phi) is 1.91. The van der Waals surface area contributed by atoms with Crippen LogP contribution in [-0.4, -0.2) is 11.1 Å². The van der Waals surface area contributed by atoms with E-state index in [1.807, 2.05) is 17.5 Å². The smallest absolute Gasteiger partial charge is 0.314 e. The molecule has 0 spiro atoms. The molecule has 13 heavy (non-hydrogen) atoms. The number of rotatable bonds is 2. The highest BCUT2D eigenvalue weighted by molar-refractivity contribution is 7.10. The van der Waals surface area contributed by atoms with E-state index in [4.69, 9.17) is 0 Å². The van der Waals surface area contributed by atoms with Gasteiger partial charge in [0.15, 0.2) is 0 Å². The molecule has 1 heterocycles. The Morgan fingerprint density at radius 2 is 2.38 bits per heavy atom. The van der Waals surface area contributed by atoms with Crippen molar-refractivity contribution in [2.24, 2.45) is 5.92 Å². The van der Waals surface area contributed by atoms with Crippen LogP contribution in [0.2, 0.25) is 0 Å². The number of aliphatic carboxylic acids is 1. The van der Waals surface area contributed by atoms with Crippen molar-refractivity contribution in [1.29, 1.82) is 0 Å². The molecule has 0 amide bonds. The van der Waals surface area contributed by atoms with Gasteiger partial charge < -0.3 is 5.11 Å². The van der Waals surface area contributed by atoms with Crippen LogP contribution in [0.4, 0.5) is 0 Å². The zero-order valence-corrected chi connectivity index (χ0v) is 8.30. The summed E-state index contributed by atoms with van der Waals surface area (Å²) in [6.07, 6.45) is 1.59. The summed E-state index contributed by atoms with van der Waals surface area (Å²) in [6, 6.07) is 3.86. The summed E-state index contributed by atoms with van der Waals surface area (Å²) in [5.41, 5.74) is -0.548. The van der Waals surface area contributed by atoms with E-state index in [1.165, 1.54) is 0 Å². The van der Waals surface area contributed by atoms with E-state index in [2.05, 4.69) is 6.92 Å². The molecule has 2 rings (SSSR count). The summed E-state index contributed by atoms with van der Waals surface area (Å²) >= 11 is 1.56. The van der Waals surface area contributed by atoms with Gasteiger partial charge in [0.05, 0.1) is 0 Å². The van der Waals surface area contributed by atoms with Crippen LogP contribution in [0.1, 0.15) is 24.6 Å². The molecule has 0 bridgehead atoms. The molecular formula is C10H12O2S. The van der Waals surface area contributed by atoms with E-state index in [0.717, 1.165) is 17.7 Å². The van der Waals surface area contributed by atoms with Crippen LogP contribution in [0, 0.1) is 5.92 Å². The van der Waals surface area contributed by atoms with Gasteiger partial charge in [0.25, 0.3) is 0 Å². The number of carbonyl (C=O) groups is 1. The van der Waals surface area contributed by atoms with Gasteiger partial charge in [-0.05, 0) is 30.2 Å². The largest absolute Gasteiger partial charge is 0.481 e. The zero-order chi connectivity index (χ0) is 9.47. The molecule has 2 nitrogen and oxygen atoms in total. The maximum atomic E-state index is 11.2. The fraction of sp³-hybridized carbons (Fsp3) is 0.500. The summed E-state index contributed by atoms with van der Waals surface area (Å²) in [4.78, 5) is 12.2. The van der Waals surface area contributed by atoms with Crippen molar-refractivity contribution in [3.8, 4) is 0 Å². The quantitative estimate of drug-likeness (QED) is 0.789. The Bertz CT molecular complexity index is 310. The Morgan fingerprint density at radius 1 is 1.69 bits per heavy atom. The molecule has 1 N–H and O–H groups in total. The molecule has 0 unspecified atom stereocenters. The second kappa shape index (κ2) is 2.84. The van der Waals surface area contributed by atoms with Crippen LogP contribution in [0.15, 0.2) is 17.5 Å². The molecule has 1 fully saturated rings. The van der Waals surface area contributed by atoms with Gasteiger partial charge in [-0.15, -0.1) is 11.3 Å². The summed E-state index contributed by atoms with van der Waals surface area (Å²) < 4.78 is 0. The number of carboxylic acids is 1. The van der Waals surface area contributed by atoms with Crippen LogP contribution in [0.5, 0.6) is 0 Å². The third-order valence-corrected chi connectivity index (χ3v) is 3.87. The molecule has 1 saturated carbocycles. The highest BCUT2D eigenvalue weighted by Crippen LogP contribution is 2.49. The maximum absolute atomic E-state index is 11.2. The van der Waals surface area contributed by atoms with Crippen molar-refractivity contribution in [2.45, 2.75) is 25.2 Å². The van der Waals surface area contributed by atoms with Gasteiger partial charge in [-0.3, -0.25) is 4.79 Å². The highest BCUT2D eigenvalue weighted by atomic mass is 32.1. The lowest BCUT2D eigenvalue weighted by molar-refractivity contribution is -0.149. The van der Waals surface area contributed by atoms with Crippen molar-refractivity contribution in [3.05, 3.63) is 22.4 Å². The number of hydrogen-bond donors (Lipinski definition) is 1. The minimum Gasteiger partial charge on any atom is -0.481 e. The number of thiophene rings is 1. The Balaban J connectivity index is 2.31. The first-order chi connectivity index (χ1) is 6.15. The van der Waals surface area contributed by atoms with E-state index in [-0.39, 0.29) is 0 Å². The lowest BCUT2D eigenvalue weighted by Gasteiger charge is -2.42. The molecule has 0 radical (unpaired) electrons. The minimum atomic E-state index is -0.659. The molecule has 1 aromatic rings. The van der Waals surface area contributed by atoms with Crippen molar-refractivity contribution in [2.75, 3.05) is 0 Å². The lowest BCUT2D eigenvalue weighted by Crippen LogP contribution is -2.46. The Morgan fingerprint density at radius 3 is 2.77 bits per heavy atom. The third-order valence-electron chi connectivity index (χ3n) is 2.80. The van der Waals surface area contributed by atoms with E-state index in [0.29, 0.717) is 5.92 Å². The zero-order valence-electron chi connectivity index (χ0n) is 7.49. The fourth-order valence-electron chi connectivity index (χ4n) is 2.16. The average Bonchev–Trinajstić information content (AvgIpc) is 2.49. The van der Waals surface area contributed by atoms with Gasteiger partial charge in [0.1, 0.15) is 5.41 Å². The SMILES string of the molecule is CC1CC(C(=O)O)(c2cccs2)C1. The number of carboxylic acid groups (broad SMARTS) is 1. The monoisotopic (exact) mass is 196 g/mol. The summed E-state index contributed by atoms with van der Waals surface area (Å²) in [5, 5.41) is 11.1. The van der Waals surface area contributed by atoms with Gasteiger partial charge >= 0.3 is 5.97 Å².